The van der Waals surface area contributed by atoms with Gasteiger partial charge in [0.2, 0.25) is 5.91 Å². The number of hydrogen-bond donors (Lipinski definition) is 4. The molecular formula is C14H25N3O4. The molecule has 0 saturated heterocycles. The molecule has 3 atom stereocenters. The molecule has 5 N–H and O–H groups in total. The highest BCUT2D eigenvalue weighted by Gasteiger charge is 2.22. The molecule has 1 fully saturated rings. The minimum absolute atomic E-state index is 0.414. The summed E-state index contributed by atoms with van der Waals surface area (Å²) < 4.78 is 0. The highest BCUT2D eigenvalue weighted by Crippen LogP contribution is 2.30. The minimum atomic E-state index is -1.28. The summed E-state index contributed by atoms with van der Waals surface area (Å²) in [5.41, 5.74) is 4.94. The van der Waals surface area contributed by atoms with Crippen LogP contribution in [0, 0.1) is 11.8 Å². The zero-order valence-electron chi connectivity index (χ0n) is 12.4. The zero-order valence-corrected chi connectivity index (χ0v) is 12.4. The molecule has 7 heteroatoms. The fraction of sp³-hybridized carbons (Fsp3) is 0.786. The first-order valence-electron chi connectivity index (χ1n) is 7.44. The second-order valence-electron chi connectivity index (χ2n) is 5.89. The van der Waals surface area contributed by atoms with Gasteiger partial charge in [0, 0.05) is 6.54 Å². The van der Waals surface area contributed by atoms with Gasteiger partial charge in [0.25, 0.3) is 0 Å². The fourth-order valence-electron chi connectivity index (χ4n) is 2.82. The van der Waals surface area contributed by atoms with Crippen LogP contribution in [-0.4, -0.2) is 35.6 Å². The summed E-state index contributed by atoms with van der Waals surface area (Å²) in [5.74, 6) is -0.677. The Morgan fingerprint density at radius 2 is 2.05 bits per heavy atom. The van der Waals surface area contributed by atoms with Crippen molar-refractivity contribution in [2.24, 2.45) is 17.6 Å². The van der Waals surface area contributed by atoms with Gasteiger partial charge in [0.05, 0.1) is 6.42 Å². The summed E-state index contributed by atoms with van der Waals surface area (Å²) in [5, 5.41) is 13.8. The maximum Gasteiger partial charge on any atom is 0.326 e. The average Bonchev–Trinajstić information content (AvgIpc) is 2.37. The Labute approximate surface area is 124 Å². The molecule has 0 aliphatic heterocycles. The van der Waals surface area contributed by atoms with Crippen molar-refractivity contribution in [1.29, 1.82) is 0 Å². The highest BCUT2D eigenvalue weighted by molar-refractivity contribution is 5.87. The Balaban J connectivity index is 2.26. The molecule has 0 heterocycles. The van der Waals surface area contributed by atoms with Gasteiger partial charge in [-0.15, -0.1) is 0 Å². The van der Waals surface area contributed by atoms with Crippen molar-refractivity contribution in [2.45, 2.75) is 51.5 Å². The average molecular weight is 299 g/mol. The van der Waals surface area contributed by atoms with Crippen molar-refractivity contribution in [3.05, 3.63) is 0 Å². The van der Waals surface area contributed by atoms with Crippen molar-refractivity contribution in [2.75, 3.05) is 6.54 Å². The normalized spacial score (nSPS) is 23.1. The molecule has 1 saturated carbocycles. The van der Waals surface area contributed by atoms with Gasteiger partial charge >= 0.3 is 12.0 Å². The van der Waals surface area contributed by atoms with Crippen LogP contribution in [-0.2, 0) is 9.59 Å². The van der Waals surface area contributed by atoms with Gasteiger partial charge in [-0.25, -0.2) is 9.59 Å². The Morgan fingerprint density at radius 1 is 1.33 bits per heavy atom. The summed E-state index contributed by atoms with van der Waals surface area (Å²) in [6.45, 7) is 2.75. The zero-order chi connectivity index (χ0) is 15.8. The SMILES string of the molecule is CC1CCCC(CCNC(=O)N[C@H](CC(N)=O)C(=O)O)C1. The molecule has 21 heavy (non-hydrogen) atoms. The van der Waals surface area contributed by atoms with Crippen LogP contribution in [0.25, 0.3) is 0 Å². The number of carboxylic acid groups (broad SMARTS) is 1. The van der Waals surface area contributed by atoms with E-state index in [1.165, 1.54) is 25.7 Å². The van der Waals surface area contributed by atoms with Crippen LogP contribution < -0.4 is 16.4 Å². The maximum absolute atomic E-state index is 11.6. The number of carbonyl (C=O) groups excluding carboxylic acids is 2. The monoisotopic (exact) mass is 299 g/mol. The number of nitrogens with two attached hydrogens (primary N) is 1. The van der Waals surface area contributed by atoms with Crippen LogP contribution >= 0.6 is 0 Å². The van der Waals surface area contributed by atoms with Crippen LogP contribution in [0.5, 0.6) is 0 Å². The van der Waals surface area contributed by atoms with E-state index in [9.17, 15) is 14.4 Å². The molecule has 0 aromatic heterocycles. The van der Waals surface area contributed by atoms with E-state index in [1.807, 2.05) is 0 Å². The van der Waals surface area contributed by atoms with Crippen LogP contribution in [0.3, 0.4) is 0 Å². The maximum atomic E-state index is 11.6. The molecular weight excluding hydrogens is 274 g/mol. The number of amides is 3. The van der Waals surface area contributed by atoms with Gasteiger partial charge in [0.1, 0.15) is 6.04 Å². The van der Waals surface area contributed by atoms with Crippen molar-refractivity contribution < 1.29 is 19.5 Å². The first-order valence-corrected chi connectivity index (χ1v) is 7.44. The largest absolute Gasteiger partial charge is 0.480 e. The second kappa shape index (κ2) is 8.49. The quantitative estimate of drug-likeness (QED) is 0.556. The van der Waals surface area contributed by atoms with E-state index in [0.717, 1.165) is 12.3 Å². The number of aliphatic carboxylic acids is 1. The van der Waals surface area contributed by atoms with E-state index in [2.05, 4.69) is 17.6 Å². The van der Waals surface area contributed by atoms with Crippen molar-refractivity contribution in [3.8, 4) is 0 Å². The van der Waals surface area contributed by atoms with Gasteiger partial charge < -0.3 is 21.5 Å². The van der Waals surface area contributed by atoms with E-state index in [0.29, 0.717) is 12.5 Å². The lowest BCUT2D eigenvalue weighted by Crippen LogP contribution is -2.48. The first kappa shape index (κ1) is 17.3. The Morgan fingerprint density at radius 3 is 2.62 bits per heavy atom. The molecule has 0 spiro atoms. The van der Waals surface area contributed by atoms with E-state index in [-0.39, 0.29) is 0 Å². The predicted octanol–water partition coefficient (Wildman–Crippen LogP) is 0.831. The molecule has 0 aromatic rings. The van der Waals surface area contributed by atoms with Crippen molar-refractivity contribution in [1.82, 2.24) is 10.6 Å². The molecule has 0 bridgehead atoms. The van der Waals surface area contributed by atoms with Gasteiger partial charge in [0.15, 0.2) is 0 Å². The van der Waals surface area contributed by atoms with E-state index in [1.54, 1.807) is 0 Å². The van der Waals surface area contributed by atoms with E-state index >= 15 is 0 Å². The molecule has 3 amide bonds. The summed E-state index contributed by atoms with van der Waals surface area (Å²) in [6, 6.07) is -1.86. The number of carboxylic acids is 1. The van der Waals surface area contributed by atoms with Crippen LogP contribution in [0.4, 0.5) is 4.79 Å². The molecule has 7 nitrogen and oxygen atoms in total. The third-order valence-electron chi connectivity index (χ3n) is 3.89. The van der Waals surface area contributed by atoms with E-state index in [4.69, 9.17) is 10.8 Å². The van der Waals surface area contributed by atoms with Crippen LogP contribution in [0.2, 0.25) is 0 Å². The summed E-state index contributed by atoms with van der Waals surface area (Å²) >= 11 is 0. The predicted molar refractivity (Wildman–Crippen MR) is 77.5 cm³/mol. The number of nitrogens with one attached hydrogen (secondary N) is 2. The molecule has 1 aliphatic rings. The minimum Gasteiger partial charge on any atom is -0.480 e. The van der Waals surface area contributed by atoms with Crippen LogP contribution in [0.15, 0.2) is 0 Å². The number of hydrogen-bond acceptors (Lipinski definition) is 3. The van der Waals surface area contributed by atoms with Crippen molar-refractivity contribution in [3.63, 3.8) is 0 Å². The molecule has 0 radical (unpaired) electrons. The highest BCUT2D eigenvalue weighted by atomic mass is 16.4. The number of rotatable bonds is 7. The molecule has 2 unspecified atom stereocenters. The summed E-state index contributed by atoms with van der Waals surface area (Å²) in [7, 11) is 0. The second-order valence-corrected chi connectivity index (χ2v) is 5.89. The smallest absolute Gasteiger partial charge is 0.326 e. The lowest BCUT2D eigenvalue weighted by Gasteiger charge is -2.26. The third-order valence-corrected chi connectivity index (χ3v) is 3.89. The molecule has 1 aliphatic carbocycles. The topological polar surface area (TPSA) is 122 Å². The standard InChI is InChI=1S/C14H25N3O4/c1-9-3-2-4-10(7-9)5-6-16-14(21)17-11(13(19)20)8-12(15)18/h9-11H,2-8H2,1H3,(H2,15,18)(H,19,20)(H2,16,17,21)/t9?,10?,11-/m1/s1. The van der Waals surface area contributed by atoms with Gasteiger partial charge in [-0.05, 0) is 24.7 Å². The Kier molecular flexibility index (Phi) is 6.98. The lowest BCUT2D eigenvalue weighted by atomic mass is 9.81. The third kappa shape index (κ3) is 6.97. The van der Waals surface area contributed by atoms with Crippen molar-refractivity contribution >= 4 is 17.9 Å². The lowest BCUT2D eigenvalue weighted by molar-refractivity contribution is -0.140. The number of primary amides is 1. The Hall–Kier alpha value is -1.79. The van der Waals surface area contributed by atoms with Gasteiger partial charge in [-0.3, -0.25) is 4.79 Å². The van der Waals surface area contributed by atoms with Gasteiger partial charge in [-0.2, -0.15) is 0 Å². The summed E-state index contributed by atoms with van der Waals surface area (Å²) in [6.07, 6.45) is 5.36. The number of carbonyl (C=O) groups is 3. The van der Waals surface area contributed by atoms with Crippen LogP contribution in [0.1, 0.15) is 45.4 Å². The molecule has 0 aromatic carbocycles. The van der Waals surface area contributed by atoms with Gasteiger partial charge in [-0.1, -0.05) is 26.2 Å². The fourth-order valence-corrected chi connectivity index (χ4v) is 2.82. The number of urea groups is 1. The summed E-state index contributed by atoms with van der Waals surface area (Å²) in [4.78, 5) is 33.2. The van der Waals surface area contributed by atoms with E-state index < -0.39 is 30.4 Å². The molecule has 120 valence electrons. The first-order chi connectivity index (χ1) is 9.88. The Bertz CT molecular complexity index is 386. The molecule has 1 rings (SSSR count).